The zero-order valence-corrected chi connectivity index (χ0v) is 29.5. The molecule has 1 aliphatic heterocycles. The predicted molar refractivity (Wildman–Crippen MR) is 166 cm³/mol. The van der Waals surface area contributed by atoms with Crippen LogP contribution in [0.25, 0.3) is 0 Å². The lowest BCUT2D eigenvalue weighted by Crippen LogP contribution is -2.51. The van der Waals surface area contributed by atoms with E-state index in [0.29, 0.717) is 6.61 Å². The van der Waals surface area contributed by atoms with Crippen molar-refractivity contribution in [3.8, 4) is 5.75 Å². The number of hydrogen-bond acceptors (Lipinski definition) is 4. The topological polar surface area (TPSA) is 36.9 Å². The van der Waals surface area contributed by atoms with Crippen LogP contribution in [0.5, 0.6) is 5.75 Å². The molecular weight excluding hydrogens is 509 g/mol. The molecule has 0 spiro atoms. The lowest BCUT2D eigenvalue weighted by Gasteiger charge is -2.43. The van der Waals surface area contributed by atoms with Crippen LogP contribution in [0.4, 0.5) is 0 Å². The van der Waals surface area contributed by atoms with Crippen LogP contribution in [-0.2, 0) is 13.6 Å². The van der Waals surface area contributed by atoms with Crippen LogP contribution in [0, 0.1) is 0 Å². The first-order valence-corrected chi connectivity index (χ1v) is 22.6. The summed E-state index contributed by atoms with van der Waals surface area (Å²) in [6.45, 7) is 34.8. The standard InChI is InChI=1S/C30H56O4Si3/c1-28(2,3)35(10,11)31-22-27-26(34-37(14,15)30(7,8)9)21-20-25(32-27)23-16-18-24(19-17-23)33-36(12,13)29(4,5)6/h16-21,25-27H,22H2,1-15H3/t25-,26+,27-/m1/s1. The molecule has 0 aliphatic carbocycles. The van der Waals surface area contributed by atoms with Crippen molar-refractivity contribution in [1.82, 2.24) is 0 Å². The molecule has 0 saturated carbocycles. The summed E-state index contributed by atoms with van der Waals surface area (Å²) in [5, 5.41) is 0.437. The quantitative estimate of drug-likeness (QED) is 0.233. The van der Waals surface area contributed by atoms with E-state index in [0.717, 1.165) is 11.3 Å². The normalized spacial score (nSPS) is 22.3. The fourth-order valence-electron chi connectivity index (χ4n) is 3.28. The van der Waals surface area contributed by atoms with Crippen molar-refractivity contribution in [3.05, 3.63) is 42.0 Å². The van der Waals surface area contributed by atoms with E-state index in [1.807, 2.05) is 0 Å². The van der Waals surface area contributed by atoms with Crippen molar-refractivity contribution in [1.29, 1.82) is 0 Å². The molecule has 0 saturated heterocycles. The molecule has 0 amide bonds. The van der Waals surface area contributed by atoms with Gasteiger partial charge in [0.1, 0.15) is 18.0 Å². The molecule has 3 atom stereocenters. The molecule has 1 aliphatic rings. The molecule has 0 N–H and O–H groups in total. The van der Waals surface area contributed by atoms with E-state index in [9.17, 15) is 0 Å². The Kier molecular flexibility index (Phi) is 9.70. The van der Waals surface area contributed by atoms with Crippen LogP contribution in [0.15, 0.2) is 36.4 Å². The second-order valence-corrected chi connectivity index (χ2v) is 29.6. The van der Waals surface area contributed by atoms with Crippen molar-refractivity contribution < 1.29 is 18.0 Å². The van der Waals surface area contributed by atoms with E-state index in [4.69, 9.17) is 18.0 Å². The number of benzene rings is 1. The van der Waals surface area contributed by atoms with Crippen molar-refractivity contribution in [2.24, 2.45) is 0 Å². The van der Waals surface area contributed by atoms with Gasteiger partial charge >= 0.3 is 0 Å². The minimum absolute atomic E-state index is 0.108. The maximum absolute atomic E-state index is 6.84. The molecule has 0 bridgehead atoms. The van der Waals surface area contributed by atoms with E-state index in [-0.39, 0.29) is 33.4 Å². The summed E-state index contributed by atoms with van der Waals surface area (Å²) in [4.78, 5) is 0. The minimum Gasteiger partial charge on any atom is -0.544 e. The minimum atomic E-state index is -1.98. The van der Waals surface area contributed by atoms with Gasteiger partial charge in [0.25, 0.3) is 0 Å². The Morgan fingerprint density at radius 3 is 1.62 bits per heavy atom. The van der Waals surface area contributed by atoms with E-state index >= 15 is 0 Å². The highest BCUT2D eigenvalue weighted by molar-refractivity contribution is 6.75. The van der Waals surface area contributed by atoms with Gasteiger partial charge in [-0.25, -0.2) is 0 Å². The Hall–Kier alpha value is -0.709. The Morgan fingerprint density at radius 2 is 1.16 bits per heavy atom. The van der Waals surface area contributed by atoms with Gasteiger partial charge in [0.15, 0.2) is 16.6 Å². The van der Waals surface area contributed by atoms with Gasteiger partial charge in [-0.3, -0.25) is 0 Å². The fourth-order valence-corrected chi connectivity index (χ4v) is 6.59. The smallest absolute Gasteiger partial charge is 0.250 e. The predicted octanol–water partition coefficient (Wildman–Crippen LogP) is 9.48. The van der Waals surface area contributed by atoms with E-state index in [1.54, 1.807) is 0 Å². The average molecular weight is 565 g/mol. The summed E-state index contributed by atoms with van der Waals surface area (Å²) in [6.07, 6.45) is 3.98. The third-order valence-electron chi connectivity index (χ3n) is 9.20. The Morgan fingerprint density at radius 1 is 0.676 bits per heavy atom. The highest BCUT2D eigenvalue weighted by atomic mass is 28.4. The molecule has 1 aromatic carbocycles. The van der Waals surface area contributed by atoms with Gasteiger partial charge in [0, 0.05) is 0 Å². The third-order valence-corrected chi connectivity index (χ3v) is 22.5. The van der Waals surface area contributed by atoms with Gasteiger partial charge in [-0.05, 0) is 72.1 Å². The van der Waals surface area contributed by atoms with Crippen LogP contribution >= 0.6 is 0 Å². The summed E-state index contributed by atoms with van der Waals surface area (Å²) in [6, 6.07) is 8.45. The summed E-state index contributed by atoms with van der Waals surface area (Å²) < 4.78 is 26.7. The molecular formula is C30H56O4Si3. The Labute approximate surface area is 231 Å². The number of hydrogen-bond donors (Lipinski definition) is 0. The third kappa shape index (κ3) is 8.15. The number of rotatable bonds is 8. The fraction of sp³-hybridized carbons (Fsp3) is 0.733. The highest BCUT2D eigenvalue weighted by Crippen LogP contribution is 2.41. The molecule has 0 fully saturated rings. The van der Waals surface area contributed by atoms with Gasteiger partial charge in [0.2, 0.25) is 8.32 Å². The molecule has 212 valence electrons. The van der Waals surface area contributed by atoms with Gasteiger partial charge in [-0.1, -0.05) is 86.6 Å². The highest BCUT2D eigenvalue weighted by Gasteiger charge is 2.44. The molecule has 37 heavy (non-hydrogen) atoms. The second kappa shape index (κ2) is 11.0. The lowest BCUT2D eigenvalue weighted by atomic mass is 10.0. The SMILES string of the molecule is CC(C)(C)[Si](C)(C)OC[C@H]1O[C@@H](c2ccc(O[Si](C)(C)C(C)(C)C)cc2)C=C[C@@H]1O[Si](C)(C)C(C)(C)C. The largest absolute Gasteiger partial charge is 0.544 e. The van der Waals surface area contributed by atoms with E-state index in [2.05, 4.69) is 138 Å². The van der Waals surface area contributed by atoms with Gasteiger partial charge in [-0.15, -0.1) is 0 Å². The zero-order chi connectivity index (χ0) is 28.7. The van der Waals surface area contributed by atoms with Crippen LogP contribution < -0.4 is 4.43 Å². The van der Waals surface area contributed by atoms with Crippen molar-refractivity contribution in [3.63, 3.8) is 0 Å². The average Bonchev–Trinajstić information content (AvgIpc) is 2.70. The maximum Gasteiger partial charge on any atom is 0.250 e. The Bertz CT molecular complexity index is 916. The molecule has 0 aromatic heterocycles. The van der Waals surface area contributed by atoms with Crippen LogP contribution in [-0.4, -0.2) is 43.8 Å². The molecule has 2 rings (SSSR count). The van der Waals surface area contributed by atoms with E-state index < -0.39 is 25.0 Å². The molecule has 1 aromatic rings. The summed E-state index contributed by atoms with van der Waals surface area (Å²) in [7, 11) is -5.78. The first-order chi connectivity index (χ1) is 16.5. The lowest BCUT2D eigenvalue weighted by molar-refractivity contribution is -0.0739. The Balaban J connectivity index is 2.27. The van der Waals surface area contributed by atoms with Crippen molar-refractivity contribution >= 4 is 25.0 Å². The molecule has 7 heteroatoms. The van der Waals surface area contributed by atoms with E-state index in [1.165, 1.54) is 0 Å². The van der Waals surface area contributed by atoms with Crippen LogP contribution in [0.1, 0.15) is 74.0 Å². The summed E-state index contributed by atoms with van der Waals surface area (Å²) >= 11 is 0. The first-order valence-electron chi connectivity index (χ1n) is 13.9. The monoisotopic (exact) mass is 564 g/mol. The molecule has 0 radical (unpaired) electrons. The van der Waals surface area contributed by atoms with Gasteiger partial charge in [0.05, 0.1) is 12.7 Å². The summed E-state index contributed by atoms with van der Waals surface area (Å²) in [5.41, 5.74) is 1.13. The molecule has 1 heterocycles. The summed E-state index contributed by atoms with van der Waals surface area (Å²) in [5.74, 6) is 0.937. The van der Waals surface area contributed by atoms with Crippen molar-refractivity contribution in [2.75, 3.05) is 6.61 Å². The molecule has 4 nitrogen and oxygen atoms in total. The second-order valence-electron chi connectivity index (χ2n) is 15.3. The van der Waals surface area contributed by atoms with Crippen LogP contribution in [0.3, 0.4) is 0 Å². The van der Waals surface area contributed by atoms with Gasteiger partial charge < -0.3 is 18.0 Å². The van der Waals surface area contributed by atoms with Crippen molar-refractivity contribution in [2.45, 2.75) is 135 Å². The van der Waals surface area contributed by atoms with Crippen LogP contribution in [0.2, 0.25) is 54.4 Å². The van der Waals surface area contributed by atoms with Gasteiger partial charge in [-0.2, -0.15) is 0 Å². The maximum atomic E-state index is 6.84. The first kappa shape index (κ1) is 32.5. The zero-order valence-electron chi connectivity index (χ0n) is 26.5. The molecule has 0 unspecified atom stereocenters. The number of ether oxygens (including phenoxy) is 1.